The first kappa shape index (κ1) is 17.4. The van der Waals surface area contributed by atoms with E-state index >= 15 is 0 Å². The Bertz CT molecular complexity index is 430. The molecule has 0 heterocycles. The maximum atomic E-state index is 11.6. The van der Waals surface area contributed by atoms with Gasteiger partial charge in [0.2, 0.25) is 0 Å². The van der Waals surface area contributed by atoms with Crippen LogP contribution in [0.25, 0.3) is 0 Å². The molecule has 1 aromatic rings. The predicted octanol–water partition coefficient (Wildman–Crippen LogP) is 2.74. The van der Waals surface area contributed by atoms with E-state index in [0.717, 1.165) is 12.0 Å². The van der Waals surface area contributed by atoms with E-state index in [4.69, 9.17) is 5.73 Å². The Balaban J connectivity index is 2.55. The molecule has 4 nitrogen and oxygen atoms in total. The van der Waals surface area contributed by atoms with Crippen LogP contribution in [-0.2, 0) is 11.0 Å². The van der Waals surface area contributed by atoms with E-state index in [-0.39, 0.29) is 0 Å². The molecule has 0 aromatic heterocycles. The molecule has 4 N–H and O–H groups in total. The van der Waals surface area contributed by atoms with Gasteiger partial charge in [-0.3, -0.25) is 4.57 Å². The molecular formula is C15H25NO3P. The highest BCUT2D eigenvalue weighted by Crippen LogP contribution is 2.45. The molecule has 0 bridgehead atoms. The third kappa shape index (κ3) is 6.19. The molecule has 20 heavy (non-hydrogen) atoms. The summed E-state index contributed by atoms with van der Waals surface area (Å²) in [5, 5.41) is 0. The largest absolute Gasteiger partial charge is 0.330 e. The summed E-state index contributed by atoms with van der Waals surface area (Å²) in [6.07, 6.45) is 3.69. The van der Waals surface area contributed by atoms with Crippen molar-refractivity contribution in [3.8, 4) is 0 Å². The molecule has 2 atom stereocenters. The van der Waals surface area contributed by atoms with Gasteiger partial charge in [-0.2, -0.15) is 0 Å². The third-order valence-electron chi connectivity index (χ3n) is 3.25. The molecule has 0 aliphatic carbocycles. The molecule has 0 fully saturated rings. The highest BCUT2D eigenvalue weighted by Gasteiger charge is 2.34. The zero-order valence-electron chi connectivity index (χ0n) is 12.1. The average Bonchev–Trinajstić information content (AvgIpc) is 2.33. The summed E-state index contributed by atoms with van der Waals surface area (Å²) >= 11 is 0. The summed E-state index contributed by atoms with van der Waals surface area (Å²) < 4.78 is 11.6. The van der Waals surface area contributed by atoms with E-state index in [1.165, 1.54) is 0 Å². The van der Waals surface area contributed by atoms with Crippen molar-refractivity contribution in [3.05, 3.63) is 42.3 Å². The van der Waals surface area contributed by atoms with Crippen molar-refractivity contribution in [2.75, 3.05) is 0 Å². The Morgan fingerprint density at radius 2 is 1.85 bits per heavy atom. The fourth-order valence-corrected chi connectivity index (χ4v) is 3.36. The molecule has 0 saturated heterocycles. The minimum absolute atomic E-state index is 0.321. The van der Waals surface area contributed by atoms with Crippen molar-refractivity contribution in [1.29, 1.82) is 0 Å². The minimum Gasteiger partial charge on any atom is -0.327 e. The van der Waals surface area contributed by atoms with Crippen LogP contribution in [-0.4, -0.2) is 21.5 Å². The van der Waals surface area contributed by atoms with Gasteiger partial charge in [-0.25, -0.2) is 0 Å². The van der Waals surface area contributed by atoms with Crippen molar-refractivity contribution in [2.45, 2.75) is 44.8 Å². The van der Waals surface area contributed by atoms with E-state index < -0.39 is 19.3 Å². The van der Waals surface area contributed by atoms with Crippen LogP contribution >= 0.6 is 7.60 Å². The molecule has 1 rings (SSSR count). The topological polar surface area (TPSA) is 83.6 Å². The number of aryl methyl sites for hydroxylation is 1. The molecular weight excluding hydrogens is 273 g/mol. The monoisotopic (exact) mass is 298 g/mol. The summed E-state index contributed by atoms with van der Waals surface area (Å²) in [6.45, 7) is 4.00. The van der Waals surface area contributed by atoms with Gasteiger partial charge >= 0.3 is 7.60 Å². The predicted molar refractivity (Wildman–Crippen MR) is 82.3 cm³/mol. The Hall–Kier alpha value is -0.670. The summed E-state index contributed by atoms with van der Waals surface area (Å²) in [7, 11) is -4.19. The zero-order chi connectivity index (χ0) is 15.2. The quantitative estimate of drug-likeness (QED) is 0.644. The molecule has 0 amide bonds. The number of hydrogen-bond donors (Lipinski definition) is 3. The lowest BCUT2D eigenvalue weighted by Gasteiger charge is -2.25. The van der Waals surface area contributed by atoms with Crippen LogP contribution in [0.2, 0.25) is 0 Å². The molecule has 5 heteroatoms. The standard InChI is InChI=1S/C15H25NO3P/c1-12(2)11-14(16)15(20(17,18)19)10-6-9-13-7-4-3-5-8-13/h3-5,7-8,10,12,14-15H,6,9,11,16H2,1-2H3,(H2,17,18,19). The maximum Gasteiger partial charge on any atom is 0.330 e. The van der Waals surface area contributed by atoms with Crippen LogP contribution in [0.4, 0.5) is 0 Å². The van der Waals surface area contributed by atoms with Gasteiger partial charge in [-0.1, -0.05) is 44.2 Å². The average molecular weight is 298 g/mol. The lowest BCUT2D eigenvalue weighted by atomic mass is 9.98. The van der Waals surface area contributed by atoms with Crippen LogP contribution in [0.5, 0.6) is 0 Å². The van der Waals surface area contributed by atoms with E-state index in [1.807, 2.05) is 44.2 Å². The molecule has 1 radical (unpaired) electrons. The van der Waals surface area contributed by atoms with Gasteiger partial charge in [0.25, 0.3) is 0 Å². The molecule has 1 aromatic carbocycles. The smallest absolute Gasteiger partial charge is 0.327 e. The molecule has 2 unspecified atom stereocenters. The van der Waals surface area contributed by atoms with E-state index in [1.54, 1.807) is 6.42 Å². The normalized spacial score (nSPS) is 15.3. The molecule has 0 aliphatic heterocycles. The van der Waals surface area contributed by atoms with Gasteiger partial charge in [0.15, 0.2) is 0 Å². The van der Waals surface area contributed by atoms with E-state index in [9.17, 15) is 14.4 Å². The highest BCUT2D eigenvalue weighted by molar-refractivity contribution is 7.52. The first-order valence-corrected chi connectivity index (χ1v) is 8.67. The van der Waals surface area contributed by atoms with Crippen molar-refractivity contribution in [2.24, 2.45) is 11.7 Å². The molecule has 0 saturated carbocycles. The van der Waals surface area contributed by atoms with Crippen molar-refractivity contribution in [3.63, 3.8) is 0 Å². The first-order valence-electron chi connectivity index (χ1n) is 6.98. The summed E-state index contributed by atoms with van der Waals surface area (Å²) in [4.78, 5) is 18.9. The Morgan fingerprint density at radius 3 is 2.35 bits per heavy atom. The summed E-state index contributed by atoms with van der Waals surface area (Å²) in [5.41, 5.74) is 6.27. The number of hydrogen-bond acceptors (Lipinski definition) is 2. The minimum atomic E-state index is -4.19. The molecule has 0 spiro atoms. The van der Waals surface area contributed by atoms with Gasteiger partial charge in [0.05, 0.1) is 5.66 Å². The number of benzene rings is 1. The second-order valence-corrected chi connectivity index (χ2v) is 7.41. The van der Waals surface area contributed by atoms with Gasteiger partial charge in [-0.15, -0.1) is 0 Å². The van der Waals surface area contributed by atoms with Gasteiger partial charge in [0.1, 0.15) is 0 Å². The van der Waals surface area contributed by atoms with Crippen LogP contribution < -0.4 is 5.73 Å². The SMILES string of the molecule is CC(C)CC(N)C([CH]CCc1ccccc1)P(=O)(O)O. The first-order chi connectivity index (χ1) is 9.30. The van der Waals surface area contributed by atoms with Crippen LogP contribution in [0.3, 0.4) is 0 Å². The third-order valence-corrected chi connectivity index (χ3v) is 4.63. The number of nitrogens with two attached hydrogens (primary N) is 1. The summed E-state index contributed by atoms with van der Waals surface area (Å²) in [5.74, 6) is 0.321. The van der Waals surface area contributed by atoms with E-state index in [2.05, 4.69) is 0 Å². The Labute approximate surface area is 121 Å². The van der Waals surface area contributed by atoms with Gasteiger partial charge in [-0.05, 0) is 37.2 Å². The molecule has 0 aliphatic rings. The van der Waals surface area contributed by atoms with Crippen molar-refractivity contribution in [1.82, 2.24) is 0 Å². The Morgan fingerprint density at radius 1 is 1.25 bits per heavy atom. The number of rotatable bonds is 8. The van der Waals surface area contributed by atoms with Crippen LogP contribution in [0.1, 0.15) is 32.3 Å². The van der Waals surface area contributed by atoms with Crippen LogP contribution in [0, 0.1) is 12.3 Å². The van der Waals surface area contributed by atoms with Crippen molar-refractivity contribution >= 4 is 7.60 Å². The second-order valence-electron chi connectivity index (χ2n) is 5.63. The fourth-order valence-electron chi connectivity index (χ4n) is 2.31. The second kappa shape index (κ2) is 7.94. The highest BCUT2D eigenvalue weighted by atomic mass is 31.2. The van der Waals surface area contributed by atoms with E-state index in [0.29, 0.717) is 18.8 Å². The molecule has 113 valence electrons. The van der Waals surface area contributed by atoms with Gasteiger partial charge < -0.3 is 15.5 Å². The van der Waals surface area contributed by atoms with Gasteiger partial charge in [0, 0.05) is 6.04 Å². The summed E-state index contributed by atoms with van der Waals surface area (Å²) in [6, 6.07) is 9.39. The lowest BCUT2D eigenvalue weighted by Crippen LogP contribution is -2.36. The maximum absolute atomic E-state index is 11.6. The van der Waals surface area contributed by atoms with Crippen LogP contribution in [0.15, 0.2) is 30.3 Å². The fraction of sp³-hybridized carbons (Fsp3) is 0.533. The lowest BCUT2D eigenvalue weighted by molar-refractivity contribution is 0.345. The zero-order valence-corrected chi connectivity index (χ0v) is 13.0. The van der Waals surface area contributed by atoms with Crippen molar-refractivity contribution < 1.29 is 14.4 Å². The Kier molecular flexibility index (Phi) is 6.90.